The molecule has 6 heteroatoms. The lowest BCUT2D eigenvalue weighted by Gasteiger charge is -2.06. The van der Waals surface area contributed by atoms with E-state index in [0.717, 1.165) is 21.6 Å². The van der Waals surface area contributed by atoms with Crippen molar-refractivity contribution in [2.24, 2.45) is 10.2 Å². The van der Waals surface area contributed by atoms with Gasteiger partial charge in [0.25, 0.3) is 0 Å². The summed E-state index contributed by atoms with van der Waals surface area (Å²) in [5.41, 5.74) is 2.97. The van der Waals surface area contributed by atoms with Gasteiger partial charge in [0, 0.05) is 16.9 Å². The first-order chi connectivity index (χ1) is 12.2. The van der Waals surface area contributed by atoms with E-state index in [1.54, 1.807) is 30.5 Å². The van der Waals surface area contributed by atoms with Gasteiger partial charge in [-0.1, -0.05) is 29.8 Å². The third-order valence-electron chi connectivity index (χ3n) is 3.49. The van der Waals surface area contributed by atoms with Gasteiger partial charge in [-0.2, -0.15) is 5.10 Å². The van der Waals surface area contributed by atoms with Crippen LogP contribution in [0.15, 0.2) is 76.8 Å². The highest BCUT2D eigenvalue weighted by Gasteiger charge is 2.06. The van der Waals surface area contributed by atoms with Gasteiger partial charge in [-0.3, -0.25) is 0 Å². The molecular formula is C19H16ClN3OS. The summed E-state index contributed by atoms with van der Waals surface area (Å²) in [6, 6.07) is 14.5. The summed E-state index contributed by atoms with van der Waals surface area (Å²) in [5, 5.41) is 20.5. The molecule has 0 saturated carbocycles. The summed E-state index contributed by atoms with van der Waals surface area (Å²) in [6.45, 7) is 4.45. The fraction of sp³-hybridized carbons (Fsp3) is 0.0526. The fourth-order valence-corrected chi connectivity index (χ4v) is 3.27. The average molecular weight is 370 g/mol. The van der Waals surface area contributed by atoms with E-state index < -0.39 is 0 Å². The Kier molecular flexibility index (Phi) is 5.48. The topological polar surface area (TPSA) is 49.9 Å². The highest BCUT2D eigenvalue weighted by molar-refractivity contribution is 7.07. The first-order valence-electron chi connectivity index (χ1n) is 7.58. The smallest absolute Gasteiger partial charge is 0.211 e. The molecule has 0 unspecified atom stereocenters. The molecule has 25 heavy (non-hydrogen) atoms. The normalized spacial score (nSPS) is 12.0. The van der Waals surface area contributed by atoms with Crippen LogP contribution < -0.4 is 4.80 Å². The number of halogens is 1. The number of hydrogen-bond acceptors (Lipinski definition) is 4. The van der Waals surface area contributed by atoms with Gasteiger partial charge in [0.1, 0.15) is 5.75 Å². The minimum absolute atomic E-state index is 0.226. The molecule has 0 aliphatic rings. The lowest BCUT2D eigenvalue weighted by molar-refractivity contribution is 0.475. The largest absolute Gasteiger partial charge is 0.508 e. The quantitative estimate of drug-likeness (QED) is 0.395. The summed E-state index contributed by atoms with van der Waals surface area (Å²) in [6.07, 6.45) is 3.48. The molecule has 0 fully saturated rings. The number of thiazole rings is 1. The first-order valence-corrected chi connectivity index (χ1v) is 8.84. The summed E-state index contributed by atoms with van der Waals surface area (Å²) in [5.74, 6) is 0.226. The van der Waals surface area contributed by atoms with E-state index in [2.05, 4.69) is 21.3 Å². The Labute approximate surface area is 154 Å². The van der Waals surface area contributed by atoms with Crippen molar-refractivity contribution in [2.75, 3.05) is 0 Å². The minimum atomic E-state index is 0.226. The van der Waals surface area contributed by atoms with E-state index in [1.807, 2.05) is 35.7 Å². The number of phenolic OH excluding ortho intramolecular Hbond substituents is 1. The number of nitrogens with zero attached hydrogens (tertiary/aromatic N) is 3. The molecule has 3 aromatic rings. The highest BCUT2D eigenvalue weighted by atomic mass is 35.5. The second-order valence-corrected chi connectivity index (χ2v) is 6.52. The molecule has 2 aromatic carbocycles. The van der Waals surface area contributed by atoms with E-state index in [1.165, 1.54) is 11.3 Å². The molecule has 1 aromatic heterocycles. The number of rotatable bonds is 5. The minimum Gasteiger partial charge on any atom is -0.508 e. The third-order valence-corrected chi connectivity index (χ3v) is 4.60. The maximum absolute atomic E-state index is 9.30. The van der Waals surface area contributed by atoms with E-state index in [-0.39, 0.29) is 5.75 Å². The Morgan fingerprint density at radius 2 is 1.84 bits per heavy atom. The molecule has 126 valence electrons. The Morgan fingerprint density at radius 3 is 2.52 bits per heavy atom. The van der Waals surface area contributed by atoms with Gasteiger partial charge in [0.2, 0.25) is 4.80 Å². The number of aromatic nitrogens is 1. The van der Waals surface area contributed by atoms with Crippen molar-refractivity contribution >= 4 is 29.2 Å². The van der Waals surface area contributed by atoms with Crippen molar-refractivity contribution in [3.05, 3.63) is 82.0 Å². The Hall–Kier alpha value is -2.63. The van der Waals surface area contributed by atoms with Crippen molar-refractivity contribution < 1.29 is 5.11 Å². The van der Waals surface area contributed by atoms with Gasteiger partial charge >= 0.3 is 0 Å². The molecule has 0 aliphatic carbocycles. The number of aromatic hydroxyl groups is 1. The van der Waals surface area contributed by atoms with Crippen LogP contribution in [0.1, 0.15) is 5.56 Å². The van der Waals surface area contributed by atoms with E-state index >= 15 is 0 Å². The molecule has 0 radical (unpaired) electrons. The zero-order chi connectivity index (χ0) is 17.6. The lowest BCUT2D eigenvalue weighted by atomic mass is 10.2. The molecule has 0 bridgehead atoms. The molecule has 0 amide bonds. The van der Waals surface area contributed by atoms with Gasteiger partial charge in [-0.15, -0.1) is 23.0 Å². The van der Waals surface area contributed by atoms with E-state index in [4.69, 9.17) is 11.6 Å². The van der Waals surface area contributed by atoms with Crippen LogP contribution in [0.5, 0.6) is 5.75 Å². The lowest BCUT2D eigenvalue weighted by Crippen LogP contribution is -2.14. The fourth-order valence-electron chi connectivity index (χ4n) is 2.27. The summed E-state index contributed by atoms with van der Waals surface area (Å²) < 4.78 is 2.05. The van der Waals surface area contributed by atoms with Crippen molar-refractivity contribution in [1.82, 2.24) is 4.57 Å². The van der Waals surface area contributed by atoms with Crippen LogP contribution in [0.4, 0.5) is 0 Å². The number of allylic oxidation sites excluding steroid dienone is 1. The second-order valence-electron chi connectivity index (χ2n) is 5.25. The van der Waals surface area contributed by atoms with Gasteiger partial charge in [-0.05, 0) is 47.5 Å². The molecule has 1 N–H and O–H groups in total. The van der Waals surface area contributed by atoms with Crippen LogP contribution in [-0.4, -0.2) is 15.9 Å². The number of benzene rings is 2. The first kappa shape index (κ1) is 17.2. The molecule has 4 nitrogen and oxygen atoms in total. The van der Waals surface area contributed by atoms with Crippen molar-refractivity contribution in [3.63, 3.8) is 0 Å². The molecule has 3 rings (SSSR count). The molecule has 0 spiro atoms. The average Bonchev–Trinajstić information content (AvgIpc) is 3.01. The van der Waals surface area contributed by atoms with Gasteiger partial charge in [-0.25, -0.2) is 0 Å². The van der Waals surface area contributed by atoms with Crippen LogP contribution >= 0.6 is 22.9 Å². The van der Waals surface area contributed by atoms with E-state index in [9.17, 15) is 5.11 Å². The monoisotopic (exact) mass is 369 g/mol. The Bertz CT molecular complexity index is 954. The number of phenols is 1. The summed E-state index contributed by atoms with van der Waals surface area (Å²) >= 11 is 7.48. The zero-order valence-corrected chi connectivity index (χ0v) is 14.9. The second kappa shape index (κ2) is 7.96. The van der Waals surface area contributed by atoms with Crippen molar-refractivity contribution in [3.8, 4) is 17.0 Å². The Morgan fingerprint density at radius 1 is 1.12 bits per heavy atom. The maximum atomic E-state index is 9.30. The SMILES string of the molecule is C=CCn1c(-c2ccc(Cl)cc2)csc1=N/N=C/c1ccc(O)cc1. The van der Waals surface area contributed by atoms with Gasteiger partial charge < -0.3 is 9.67 Å². The third kappa shape index (κ3) is 4.26. The predicted molar refractivity (Wildman–Crippen MR) is 104 cm³/mol. The van der Waals surface area contributed by atoms with Crippen LogP contribution in [0, 0.1) is 0 Å². The molecule has 0 aliphatic heterocycles. The van der Waals surface area contributed by atoms with Gasteiger partial charge in [0.05, 0.1) is 11.9 Å². The summed E-state index contributed by atoms with van der Waals surface area (Å²) in [7, 11) is 0. The zero-order valence-electron chi connectivity index (χ0n) is 13.3. The highest BCUT2D eigenvalue weighted by Crippen LogP contribution is 2.22. The van der Waals surface area contributed by atoms with Crippen LogP contribution in [0.25, 0.3) is 11.3 Å². The molecule has 1 heterocycles. The van der Waals surface area contributed by atoms with Gasteiger partial charge in [0.15, 0.2) is 0 Å². The molecule has 0 saturated heterocycles. The standard InChI is InChI=1S/C19H16ClN3OS/c1-2-11-23-18(15-5-7-16(20)8-6-15)13-25-19(23)22-21-12-14-3-9-17(24)10-4-14/h2-10,12-13,24H,1,11H2/b21-12+,22-19?. The summed E-state index contributed by atoms with van der Waals surface area (Å²) in [4.78, 5) is 0.778. The Balaban J connectivity index is 1.94. The van der Waals surface area contributed by atoms with E-state index in [0.29, 0.717) is 11.6 Å². The molecule has 0 atom stereocenters. The van der Waals surface area contributed by atoms with Crippen LogP contribution in [-0.2, 0) is 6.54 Å². The molecular weight excluding hydrogens is 354 g/mol. The van der Waals surface area contributed by atoms with Crippen molar-refractivity contribution in [1.29, 1.82) is 0 Å². The van der Waals surface area contributed by atoms with Crippen LogP contribution in [0.3, 0.4) is 0 Å². The number of hydrogen-bond donors (Lipinski definition) is 1. The van der Waals surface area contributed by atoms with Crippen molar-refractivity contribution in [2.45, 2.75) is 6.54 Å². The maximum Gasteiger partial charge on any atom is 0.211 e. The van der Waals surface area contributed by atoms with Crippen LogP contribution in [0.2, 0.25) is 5.02 Å². The predicted octanol–water partition coefficient (Wildman–Crippen LogP) is 4.70.